The highest BCUT2D eigenvalue weighted by atomic mass is 16.2. The Kier molecular flexibility index (Phi) is 3.31. The van der Waals surface area contributed by atoms with Gasteiger partial charge in [0.2, 0.25) is 5.91 Å². The molecule has 0 saturated heterocycles. The monoisotopic (exact) mass is 274 g/mol. The van der Waals surface area contributed by atoms with Crippen LogP contribution in [0, 0.1) is 5.92 Å². The fraction of sp³-hybridized carbons (Fsp3) is 0.429. The number of aromatic nitrogens is 2. The van der Waals surface area contributed by atoms with Crippen LogP contribution in [0.1, 0.15) is 25.7 Å². The molecule has 1 heterocycles. The number of imidazole rings is 1. The molecule has 0 radical (unpaired) electrons. The Hall–Kier alpha value is -2.08. The van der Waals surface area contributed by atoms with Crippen molar-refractivity contribution in [3.63, 3.8) is 0 Å². The van der Waals surface area contributed by atoms with Crippen LogP contribution in [0.3, 0.4) is 0 Å². The number of amides is 1. The zero-order chi connectivity index (χ0) is 14.1. The number of nitrogens with one attached hydrogen (secondary N) is 3. The zero-order valence-electron chi connectivity index (χ0n) is 11.1. The minimum atomic E-state index is -0.252. The summed E-state index contributed by atoms with van der Waals surface area (Å²) in [4.78, 5) is 28.8. The molecule has 2 aromatic rings. The topological polar surface area (TPSA) is 104 Å². The maximum absolute atomic E-state index is 12.2. The zero-order valence-corrected chi connectivity index (χ0v) is 11.1. The molecule has 0 spiro atoms. The van der Waals surface area contributed by atoms with Gasteiger partial charge in [0.05, 0.1) is 17.0 Å². The van der Waals surface area contributed by atoms with E-state index in [1.807, 2.05) is 0 Å². The summed E-state index contributed by atoms with van der Waals surface area (Å²) >= 11 is 0. The van der Waals surface area contributed by atoms with Crippen LogP contribution >= 0.6 is 0 Å². The van der Waals surface area contributed by atoms with Gasteiger partial charge < -0.3 is 21.0 Å². The first kappa shape index (κ1) is 12.9. The van der Waals surface area contributed by atoms with E-state index in [9.17, 15) is 9.59 Å². The van der Waals surface area contributed by atoms with Crippen LogP contribution in [-0.2, 0) is 4.79 Å². The highest BCUT2D eigenvalue weighted by molar-refractivity contribution is 5.94. The van der Waals surface area contributed by atoms with Gasteiger partial charge in [-0.15, -0.1) is 0 Å². The molecular formula is C14H18N4O2. The summed E-state index contributed by atoms with van der Waals surface area (Å²) in [5.41, 5.74) is 7.84. The average Bonchev–Trinajstić information content (AvgIpc) is 2.78. The quantitative estimate of drug-likeness (QED) is 0.663. The maximum Gasteiger partial charge on any atom is 0.323 e. The van der Waals surface area contributed by atoms with E-state index < -0.39 is 0 Å². The molecule has 1 aromatic heterocycles. The van der Waals surface area contributed by atoms with Crippen LogP contribution < -0.4 is 16.7 Å². The predicted molar refractivity (Wildman–Crippen MR) is 77.5 cm³/mol. The van der Waals surface area contributed by atoms with E-state index >= 15 is 0 Å². The van der Waals surface area contributed by atoms with Crippen molar-refractivity contribution >= 4 is 22.6 Å². The van der Waals surface area contributed by atoms with Gasteiger partial charge in [0.25, 0.3) is 0 Å². The highest BCUT2D eigenvalue weighted by Gasteiger charge is 2.28. The van der Waals surface area contributed by atoms with Gasteiger partial charge in [-0.3, -0.25) is 4.79 Å². The second-order valence-electron chi connectivity index (χ2n) is 5.38. The van der Waals surface area contributed by atoms with Crippen molar-refractivity contribution in [2.45, 2.75) is 31.7 Å². The summed E-state index contributed by atoms with van der Waals surface area (Å²) < 4.78 is 0. The summed E-state index contributed by atoms with van der Waals surface area (Å²) in [6.45, 7) is 0. The van der Waals surface area contributed by atoms with Crippen LogP contribution in [0.4, 0.5) is 5.69 Å². The third kappa shape index (κ3) is 2.46. The van der Waals surface area contributed by atoms with E-state index in [0.29, 0.717) is 11.2 Å². The minimum Gasteiger partial charge on any atom is -0.327 e. The largest absolute Gasteiger partial charge is 0.327 e. The molecule has 1 fully saturated rings. The van der Waals surface area contributed by atoms with Crippen molar-refractivity contribution in [3.05, 3.63) is 28.7 Å². The molecule has 106 valence electrons. The lowest BCUT2D eigenvalue weighted by Gasteiger charge is -2.27. The van der Waals surface area contributed by atoms with Gasteiger partial charge in [-0.05, 0) is 31.0 Å². The summed E-state index contributed by atoms with van der Waals surface area (Å²) in [6.07, 6.45) is 3.90. The Morgan fingerprint density at radius 2 is 1.95 bits per heavy atom. The maximum atomic E-state index is 12.2. The molecule has 6 heteroatoms. The normalized spacial score (nSPS) is 22.9. The van der Waals surface area contributed by atoms with Crippen molar-refractivity contribution < 1.29 is 4.79 Å². The molecule has 6 nitrogen and oxygen atoms in total. The van der Waals surface area contributed by atoms with Gasteiger partial charge in [-0.2, -0.15) is 0 Å². The fourth-order valence-corrected chi connectivity index (χ4v) is 2.83. The Labute approximate surface area is 115 Å². The number of anilines is 1. The van der Waals surface area contributed by atoms with Gasteiger partial charge >= 0.3 is 5.69 Å². The minimum absolute atomic E-state index is 0.0329. The van der Waals surface area contributed by atoms with Gasteiger partial charge in [0.1, 0.15) is 0 Å². The molecule has 0 bridgehead atoms. The summed E-state index contributed by atoms with van der Waals surface area (Å²) in [5.74, 6) is -0.154. The molecule has 1 aliphatic rings. The molecule has 3 rings (SSSR count). The number of fused-ring (bicyclic) bond motifs is 1. The second kappa shape index (κ2) is 5.13. The number of aromatic amines is 2. The molecule has 1 saturated carbocycles. The van der Waals surface area contributed by atoms with Crippen molar-refractivity contribution in [1.82, 2.24) is 9.97 Å². The lowest BCUT2D eigenvalue weighted by molar-refractivity contribution is -0.121. The number of benzene rings is 1. The van der Waals surface area contributed by atoms with Crippen LogP contribution in [0.25, 0.3) is 11.0 Å². The molecule has 1 amide bonds. The van der Waals surface area contributed by atoms with Gasteiger partial charge in [0, 0.05) is 11.7 Å². The second-order valence-corrected chi connectivity index (χ2v) is 5.38. The highest BCUT2D eigenvalue weighted by Crippen LogP contribution is 2.24. The van der Waals surface area contributed by atoms with E-state index in [1.54, 1.807) is 18.2 Å². The Bertz CT molecular complexity index is 688. The number of rotatable bonds is 2. The van der Waals surface area contributed by atoms with Crippen LogP contribution in [-0.4, -0.2) is 21.9 Å². The number of carbonyl (C=O) groups is 1. The first-order chi connectivity index (χ1) is 9.63. The van der Waals surface area contributed by atoms with Gasteiger partial charge in [0.15, 0.2) is 0 Å². The Morgan fingerprint density at radius 3 is 2.75 bits per heavy atom. The summed E-state index contributed by atoms with van der Waals surface area (Å²) in [7, 11) is 0. The first-order valence-electron chi connectivity index (χ1n) is 6.92. The molecule has 2 unspecified atom stereocenters. The van der Waals surface area contributed by atoms with Crippen molar-refractivity contribution in [3.8, 4) is 0 Å². The number of hydrogen-bond acceptors (Lipinski definition) is 3. The SMILES string of the molecule is NC1CCCCC1C(=O)Nc1ccc2[nH]c(=O)[nH]c2c1. The first-order valence-corrected chi connectivity index (χ1v) is 6.92. The number of nitrogens with two attached hydrogens (primary N) is 1. The third-order valence-electron chi connectivity index (χ3n) is 3.94. The lowest BCUT2D eigenvalue weighted by atomic mass is 9.84. The number of carbonyl (C=O) groups excluding carboxylic acids is 1. The smallest absolute Gasteiger partial charge is 0.323 e. The lowest BCUT2D eigenvalue weighted by Crippen LogP contribution is -2.40. The third-order valence-corrected chi connectivity index (χ3v) is 3.94. The Morgan fingerprint density at radius 1 is 1.20 bits per heavy atom. The van der Waals surface area contributed by atoms with Crippen molar-refractivity contribution in [2.24, 2.45) is 11.7 Å². The molecular weight excluding hydrogens is 256 g/mol. The van der Waals surface area contributed by atoms with Crippen LogP contribution in [0.15, 0.2) is 23.0 Å². The van der Waals surface area contributed by atoms with E-state index in [1.165, 1.54) is 0 Å². The van der Waals surface area contributed by atoms with E-state index in [2.05, 4.69) is 15.3 Å². The molecule has 20 heavy (non-hydrogen) atoms. The fourth-order valence-electron chi connectivity index (χ4n) is 2.83. The molecule has 2 atom stereocenters. The molecule has 1 aromatic carbocycles. The number of hydrogen-bond donors (Lipinski definition) is 4. The summed E-state index contributed by atoms with van der Waals surface area (Å²) in [6, 6.07) is 5.24. The van der Waals surface area contributed by atoms with E-state index in [-0.39, 0.29) is 23.6 Å². The number of H-pyrrole nitrogens is 2. The standard InChI is InChI=1S/C14H18N4O2/c15-10-4-2-1-3-9(10)13(19)16-8-5-6-11-12(7-8)18-14(20)17-11/h5-7,9-10H,1-4,15H2,(H,16,19)(H2,17,18,20). The average molecular weight is 274 g/mol. The molecule has 0 aliphatic heterocycles. The van der Waals surface area contributed by atoms with Crippen molar-refractivity contribution in [1.29, 1.82) is 0 Å². The molecule has 1 aliphatic carbocycles. The van der Waals surface area contributed by atoms with Gasteiger partial charge in [-0.25, -0.2) is 4.79 Å². The van der Waals surface area contributed by atoms with E-state index in [4.69, 9.17) is 5.73 Å². The van der Waals surface area contributed by atoms with Crippen molar-refractivity contribution in [2.75, 3.05) is 5.32 Å². The molecule has 5 N–H and O–H groups in total. The van der Waals surface area contributed by atoms with Crippen LogP contribution in [0.2, 0.25) is 0 Å². The van der Waals surface area contributed by atoms with Crippen LogP contribution in [0.5, 0.6) is 0 Å². The Balaban J connectivity index is 1.78. The predicted octanol–water partition coefficient (Wildman–Crippen LogP) is 1.31. The van der Waals surface area contributed by atoms with E-state index in [0.717, 1.165) is 31.2 Å². The summed E-state index contributed by atoms with van der Waals surface area (Å²) in [5, 5.41) is 2.89. The van der Waals surface area contributed by atoms with Gasteiger partial charge in [-0.1, -0.05) is 12.8 Å².